The van der Waals surface area contributed by atoms with Gasteiger partial charge in [-0.25, -0.2) is 4.79 Å². The molecule has 2 aromatic heterocycles. The Balaban J connectivity index is 1.74. The van der Waals surface area contributed by atoms with Crippen LogP contribution in [0.4, 0.5) is 14.6 Å². The Bertz CT molecular complexity index is 839. The van der Waals surface area contributed by atoms with Gasteiger partial charge >= 0.3 is 11.6 Å². The van der Waals surface area contributed by atoms with E-state index in [2.05, 4.69) is 15.4 Å². The van der Waals surface area contributed by atoms with Gasteiger partial charge in [-0.3, -0.25) is 9.25 Å². The first-order valence-corrected chi connectivity index (χ1v) is 7.99. The smallest absolute Gasteiger partial charge is 0.351 e. The Morgan fingerprint density at radius 1 is 1.50 bits per heavy atom. The van der Waals surface area contributed by atoms with E-state index in [1.807, 2.05) is 6.92 Å². The Labute approximate surface area is 147 Å². The summed E-state index contributed by atoms with van der Waals surface area (Å²) in [7, 11) is 1.76. The molecule has 1 aliphatic heterocycles. The summed E-state index contributed by atoms with van der Waals surface area (Å²) >= 11 is 0. The minimum absolute atomic E-state index is 0.0449. The average Bonchev–Trinajstić information content (AvgIpc) is 3.09. The minimum Gasteiger partial charge on any atom is -0.384 e. The van der Waals surface area contributed by atoms with Gasteiger partial charge in [0.05, 0.1) is 5.69 Å². The van der Waals surface area contributed by atoms with Gasteiger partial charge in [-0.2, -0.15) is 18.9 Å². The third-order valence-corrected chi connectivity index (χ3v) is 4.41. The topological polar surface area (TPSA) is 120 Å². The first-order valence-electron chi connectivity index (χ1n) is 7.99. The highest BCUT2D eigenvalue weighted by Gasteiger charge is 2.59. The molecule has 4 N–H and O–H groups in total. The molecule has 3 rings (SSSR count). The normalized spacial score (nSPS) is 26.1. The van der Waals surface area contributed by atoms with E-state index in [4.69, 9.17) is 10.5 Å². The van der Waals surface area contributed by atoms with E-state index < -0.39 is 30.0 Å². The van der Waals surface area contributed by atoms with Crippen molar-refractivity contribution in [2.24, 2.45) is 7.05 Å². The van der Waals surface area contributed by atoms with E-state index >= 15 is 0 Å². The SMILES string of the molecule is CC(NC[C@H]1O[C@@H](n2ccc(N)nc2=O)C(F)(F)[C@@H]1O)c1ccnn1C. The van der Waals surface area contributed by atoms with Crippen molar-refractivity contribution in [2.75, 3.05) is 12.3 Å². The monoisotopic (exact) mass is 370 g/mol. The zero-order valence-electron chi connectivity index (χ0n) is 14.2. The van der Waals surface area contributed by atoms with Crippen LogP contribution in [0.5, 0.6) is 0 Å². The lowest BCUT2D eigenvalue weighted by molar-refractivity contribution is -0.140. The molecule has 0 spiro atoms. The third kappa shape index (κ3) is 3.20. The molecule has 3 heterocycles. The number of halogens is 2. The highest BCUT2D eigenvalue weighted by atomic mass is 19.3. The van der Waals surface area contributed by atoms with Crippen LogP contribution in [-0.2, 0) is 11.8 Å². The molecule has 26 heavy (non-hydrogen) atoms. The quantitative estimate of drug-likeness (QED) is 0.667. The average molecular weight is 370 g/mol. The molecule has 0 aliphatic carbocycles. The van der Waals surface area contributed by atoms with Crippen molar-refractivity contribution >= 4 is 5.82 Å². The maximum atomic E-state index is 14.4. The second-order valence-corrected chi connectivity index (χ2v) is 6.20. The van der Waals surface area contributed by atoms with Crippen molar-refractivity contribution in [3.05, 3.63) is 40.7 Å². The summed E-state index contributed by atoms with van der Waals surface area (Å²) in [6, 6.07) is 2.80. The van der Waals surface area contributed by atoms with Gasteiger partial charge in [-0.15, -0.1) is 0 Å². The Morgan fingerprint density at radius 3 is 2.85 bits per heavy atom. The van der Waals surface area contributed by atoms with Gasteiger partial charge in [0.1, 0.15) is 18.0 Å². The summed E-state index contributed by atoms with van der Waals surface area (Å²) in [5.74, 6) is -3.75. The fraction of sp³-hybridized carbons (Fsp3) is 0.533. The molecule has 1 fully saturated rings. The van der Waals surface area contributed by atoms with Crippen molar-refractivity contribution in [1.29, 1.82) is 0 Å². The van der Waals surface area contributed by atoms with Crippen LogP contribution < -0.4 is 16.7 Å². The van der Waals surface area contributed by atoms with E-state index in [0.29, 0.717) is 4.57 Å². The molecule has 4 atom stereocenters. The number of hydrogen-bond acceptors (Lipinski definition) is 7. The molecule has 9 nitrogen and oxygen atoms in total. The number of alkyl halides is 2. The molecule has 0 bridgehead atoms. The number of anilines is 1. The highest BCUT2D eigenvalue weighted by Crippen LogP contribution is 2.42. The summed E-state index contributed by atoms with van der Waals surface area (Å²) < 4.78 is 36.5. The molecule has 0 amide bonds. The summed E-state index contributed by atoms with van der Waals surface area (Å²) in [5.41, 5.74) is 5.24. The standard InChI is InChI=1S/C15H20F2N6O3/c1-8(9-3-5-20-22(9)2)19-7-10-12(24)15(16,17)13(26-10)23-6-4-11(18)21-14(23)25/h3-6,8,10,12-13,19,24H,7H2,1-2H3,(H2,18,21,25)/t8?,10-,12-,13-/m1/s1. The van der Waals surface area contributed by atoms with Crippen molar-refractivity contribution in [2.45, 2.75) is 37.3 Å². The number of nitrogen functional groups attached to an aromatic ring is 1. The number of hydrogen-bond donors (Lipinski definition) is 3. The lowest BCUT2D eigenvalue weighted by Gasteiger charge is -2.21. The molecule has 1 unspecified atom stereocenters. The van der Waals surface area contributed by atoms with E-state index in [0.717, 1.165) is 11.9 Å². The molecule has 2 aromatic rings. The van der Waals surface area contributed by atoms with Gasteiger partial charge in [0.2, 0.25) is 6.23 Å². The molecule has 0 aromatic carbocycles. The number of nitrogens with zero attached hydrogens (tertiary/aromatic N) is 4. The van der Waals surface area contributed by atoms with Gasteiger partial charge in [0.15, 0.2) is 0 Å². The van der Waals surface area contributed by atoms with E-state index in [1.165, 1.54) is 6.07 Å². The zero-order chi connectivity index (χ0) is 19.1. The number of rotatable bonds is 5. The third-order valence-electron chi connectivity index (χ3n) is 4.41. The van der Waals surface area contributed by atoms with Crippen molar-refractivity contribution in [1.82, 2.24) is 24.6 Å². The Kier molecular flexibility index (Phi) is 4.78. The predicted octanol–water partition coefficient (Wildman–Crippen LogP) is -0.197. The number of aryl methyl sites for hydroxylation is 1. The molecular formula is C15H20F2N6O3. The lowest BCUT2D eigenvalue weighted by Crippen LogP contribution is -2.43. The second-order valence-electron chi connectivity index (χ2n) is 6.20. The Morgan fingerprint density at radius 2 is 2.23 bits per heavy atom. The number of aliphatic hydroxyl groups is 1. The van der Waals surface area contributed by atoms with Gasteiger partial charge in [0, 0.05) is 32.0 Å². The highest BCUT2D eigenvalue weighted by molar-refractivity contribution is 5.23. The van der Waals surface area contributed by atoms with Crippen molar-refractivity contribution in [3.8, 4) is 0 Å². The van der Waals surface area contributed by atoms with Gasteiger partial charge < -0.3 is 20.9 Å². The fourth-order valence-electron chi connectivity index (χ4n) is 2.95. The first kappa shape index (κ1) is 18.4. The van der Waals surface area contributed by atoms with E-state index in [9.17, 15) is 18.7 Å². The van der Waals surface area contributed by atoms with Gasteiger partial charge in [-0.1, -0.05) is 0 Å². The fourth-order valence-corrected chi connectivity index (χ4v) is 2.95. The molecule has 1 aliphatic rings. The van der Waals surface area contributed by atoms with E-state index in [1.54, 1.807) is 24.0 Å². The van der Waals surface area contributed by atoms with Crippen molar-refractivity contribution in [3.63, 3.8) is 0 Å². The van der Waals surface area contributed by atoms with Gasteiger partial charge in [-0.05, 0) is 19.1 Å². The van der Waals surface area contributed by atoms with Gasteiger partial charge in [0.25, 0.3) is 0 Å². The predicted molar refractivity (Wildman–Crippen MR) is 87.4 cm³/mol. The molecule has 0 saturated carbocycles. The molecule has 11 heteroatoms. The van der Waals surface area contributed by atoms with Crippen LogP contribution in [-0.4, -0.2) is 49.1 Å². The number of ether oxygens (including phenoxy) is 1. The van der Waals surface area contributed by atoms with Crippen LogP contribution in [0.2, 0.25) is 0 Å². The van der Waals surface area contributed by atoms with Crippen LogP contribution in [0.3, 0.4) is 0 Å². The van der Waals surface area contributed by atoms with Crippen LogP contribution in [0.25, 0.3) is 0 Å². The molecular weight excluding hydrogens is 350 g/mol. The molecule has 142 valence electrons. The maximum Gasteiger partial charge on any atom is 0.351 e. The van der Waals surface area contributed by atoms with Crippen LogP contribution in [0, 0.1) is 0 Å². The van der Waals surface area contributed by atoms with Crippen LogP contribution in [0.15, 0.2) is 29.3 Å². The molecule has 1 saturated heterocycles. The Hall–Kier alpha value is -2.37. The van der Waals surface area contributed by atoms with Crippen LogP contribution in [0.1, 0.15) is 24.9 Å². The number of nitrogens with two attached hydrogens (primary N) is 1. The summed E-state index contributed by atoms with van der Waals surface area (Å²) in [5, 5.41) is 17.1. The summed E-state index contributed by atoms with van der Waals surface area (Å²) in [6.07, 6.45) is -2.56. The van der Waals surface area contributed by atoms with Crippen molar-refractivity contribution < 1.29 is 18.6 Å². The van der Waals surface area contributed by atoms with E-state index in [-0.39, 0.29) is 18.4 Å². The summed E-state index contributed by atoms with van der Waals surface area (Å²) in [6.45, 7) is 1.79. The second kappa shape index (κ2) is 6.74. The lowest BCUT2D eigenvalue weighted by atomic mass is 10.1. The zero-order valence-corrected chi connectivity index (χ0v) is 14.2. The minimum atomic E-state index is -3.66. The number of aliphatic hydroxyl groups excluding tert-OH is 1. The number of nitrogens with one attached hydrogen (secondary N) is 1. The van der Waals surface area contributed by atoms with Crippen LogP contribution >= 0.6 is 0 Å². The largest absolute Gasteiger partial charge is 0.384 e. The summed E-state index contributed by atoms with van der Waals surface area (Å²) in [4.78, 5) is 15.3. The number of aromatic nitrogens is 4. The molecule has 0 radical (unpaired) electrons. The first-order chi connectivity index (χ1) is 12.2. The maximum absolute atomic E-state index is 14.4.